The highest BCUT2D eigenvalue weighted by molar-refractivity contribution is 7.17. The van der Waals surface area contributed by atoms with E-state index < -0.39 is 0 Å². The maximum absolute atomic E-state index is 10.9. The molecule has 0 bridgehead atoms. The third-order valence-electron chi connectivity index (χ3n) is 5.66. The van der Waals surface area contributed by atoms with E-state index in [1.54, 1.807) is 20.8 Å². The molecule has 2 aromatic heterocycles. The number of aromatic nitrogens is 3. The van der Waals surface area contributed by atoms with Gasteiger partial charge in [-0.3, -0.25) is 0 Å². The molecule has 0 radical (unpaired) electrons. The molecule has 1 aromatic carbocycles. The van der Waals surface area contributed by atoms with E-state index in [1.165, 1.54) is 16.0 Å². The molecular weight excluding hydrogens is 358 g/mol. The van der Waals surface area contributed by atoms with Crippen LogP contribution < -0.4 is 9.80 Å². The molecule has 1 aliphatic rings. The summed E-state index contributed by atoms with van der Waals surface area (Å²) in [5.74, 6) is 1.45. The Labute approximate surface area is 164 Å². The average Bonchev–Trinajstić information content (AvgIpc) is 3.15. The number of piperazine rings is 1. The number of hydrogen-bond acceptors (Lipinski definition) is 4. The number of rotatable bonds is 4. The van der Waals surface area contributed by atoms with Gasteiger partial charge in [0.05, 0.1) is 7.05 Å². The minimum atomic E-state index is 0.119. The second-order valence-corrected chi connectivity index (χ2v) is 9.02. The molecule has 0 saturated carbocycles. The van der Waals surface area contributed by atoms with Crippen molar-refractivity contribution in [2.75, 3.05) is 33.2 Å². The fourth-order valence-corrected chi connectivity index (χ4v) is 5.16. The lowest BCUT2D eigenvalue weighted by molar-refractivity contribution is -1.02. The van der Waals surface area contributed by atoms with Crippen LogP contribution >= 0.6 is 11.3 Å². The van der Waals surface area contributed by atoms with Crippen LogP contribution in [0.2, 0.25) is 0 Å². The van der Waals surface area contributed by atoms with Crippen LogP contribution in [0.4, 0.5) is 0 Å². The summed E-state index contributed by atoms with van der Waals surface area (Å²) in [7, 11) is 2.26. The highest BCUT2D eigenvalue weighted by Gasteiger charge is 2.35. The average molecular weight is 388 g/mol. The van der Waals surface area contributed by atoms with Gasteiger partial charge in [-0.1, -0.05) is 49.4 Å². The summed E-state index contributed by atoms with van der Waals surface area (Å²) in [6.45, 7) is 10.8. The van der Waals surface area contributed by atoms with E-state index in [0.717, 1.165) is 36.0 Å². The summed E-state index contributed by atoms with van der Waals surface area (Å²) in [5, 5.41) is 15.3. The third-order valence-corrected chi connectivity index (χ3v) is 6.74. The Morgan fingerprint density at radius 1 is 1.07 bits per heavy atom. The Balaban J connectivity index is 1.77. The van der Waals surface area contributed by atoms with Gasteiger partial charge in [-0.25, -0.2) is 4.98 Å². The number of thiazole rings is 1. The zero-order chi connectivity index (χ0) is 19.1. The molecule has 0 spiro atoms. The van der Waals surface area contributed by atoms with Crippen molar-refractivity contribution in [3.63, 3.8) is 0 Å². The third kappa shape index (κ3) is 3.47. The molecule has 0 aliphatic carbocycles. The van der Waals surface area contributed by atoms with Gasteiger partial charge >= 0.3 is 0 Å². The summed E-state index contributed by atoms with van der Waals surface area (Å²) >= 11 is 1.56. The van der Waals surface area contributed by atoms with Crippen LogP contribution in [0.5, 0.6) is 5.88 Å². The normalized spacial score (nSPS) is 21.8. The first kappa shape index (κ1) is 18.4. The van der Waals surface area contributed by atoms with Crippen LogP contribution in [0.25, 0.3) is 4.96 Å². The molecule has 7 heteroatoms. The second kappa shape index (κ2) is 7.22. The van der Waals surface area contributed by atoms with Gasteiger partial charge in [0.2, 0.25) is 10.8 Å². The van der Waals surface area contributed by atoms with Gasteiger partial charge in [0.25, 0.3) is 0 Å². The van der Waals surface area contributed by atoms with Crippen molar-refractivity contribution in [1.82, 2.24) is 14.6 Å². The Bertz CT molecular complexity index is 922. The molecule has 1 atom stereocenters. The fraction of sp³-hybridized carbons (Fsp3) is 0.500. The lowest BCUT2D eigenvalue weighted by atomic mass is 9.97. The Morgan fingerprint density at radius 3 is 2.30 bits per heavy atom. The molecule has 3 N–H and O–H groups in total. The van der Waals surface area contributed by atoms with Gasteiger partial charge in [-0.15, -0.1) is 5.10 Å². The molecule has 4 rings (SSSR count). The predicted octanol–water partition coefficient (Wildman–Crippen LogP) is 0.431. The lowest BCUT2D eigenvalue weighted by Crippen LogP contribution is -3.27. The van der Waals surface area contributed by atoms with Crippen LogP contribution in [-0.4, -0.2) is 52.9 Å². The fourth-order valence-electron chi connectivity index (χ4n) is 3.97. The maximum atomic E-state index is 10.9. The molecule has 1 fully saturated rings. The van der Waals surface area contributed by atoms with Crippen LogP contribution in [-0.2, 0) is 0 Å². The highest BCUT2D eigenvalue weighted by Crippen LogP contribution is 2.35. The first-order valence-corrected chi connectivity index (χ1v) is 10.6. The van der Waals surface area contributed by atoms with E-state index in [1.807, 2.05) is 6.92 Å². The van der Waals surface area contributed by atoms with E-state index >= 15 is 0 Å². The van der Waals surface area contributed by atoms with E-state index in [4.69, 9.17) is 0 Å². The van der Waals surface area contributed by atoms with Crippen LogP contribution in [0.15, 0.2) is 24.3 Å². The van der Waals surface area contributed by atoms with Gasteiger partial charge in [0.15, 0.2) is 6.04 Å². The molecule has 3 aromatic rings. The monoisotopic (exact) mass is 387 g/mol. The first-order valence-electron chi connectivity index (χ1n) is 9.74. The largest absolute Gasteiger partial charge is 0.492 e. The molecule has 6 nitrogen and oxygen atoms in total. The van der Waals surface area contributed by atoms with E-state index in [0.29, 0.717) is 11.7 Å². The van der Waals surface area contributed by atoms with Crippen molar-refractivity contribution in [3.8, 4) is 5.88 Å². The van der Waals surface area contributed by atoms with Crippen molar-refractivity contribution < 1.29 is 14.9 Å². The number of aromatic hydroxyl groups is 1. The van der Waals surface area contributed by atoms with Gasteiger partial charge in [-0.05, 0) is 18.4 Å². The number of nitrogens with zero attached hydrogens (tertiary/aromatic N) is 3. The van der Waals surface area contributed by atoms with Crippen molar-refractivity contribution in [2.24, 2.45) is 0 Å². The van der Waals surface area contributed by atoms with E-state index in [2.05, 4.69) is 55.2 Å². The molecule has 1 saturated heterocycles. The number of aryl methyl sites for hydroxylation is 1. The van der Waals surface area contributed by atoms with Gasteiger partial charge in [0, 0.05) is 5.56 Å². The Morgan fingerprint density at radius 2 is 1.70 bits per heavy atom. The summed E-state index contributed by atoms with van der Waals surface area (Å²) in [5.41, 5.74) is 2.60. The van der Waals surface area contributed by atoms with E-state index in [9.17, 15) is 5.11 Å². The smallest absolute Gasteiger partial charge is 0.235 e. The molecular formula is C20H29N5OS+2. The van der Waals surface area contributed by atoms with Gasteiger partial charge < -0.3 is 14.9 Å². The quantitative estimate of drug-likeness (QED) is 0.609. The standard InChI is InChI=1S/C20H27N5OS/c1-13(2)15-5-7-16(8-6-15)17(24-11-9-23(4)10-12-24)18-19(26)25-20(27-18)21-14(3)22-25/h5-8,13,17,26H,9-12H2,1-4H3/p+2/t17-/m0/s1. The summed E-state index contributed by atoms with van der Waals surface area (Å²) in [6, 6.07) is 9.04. The zero-order valence-electron chi connectivity index (χ0n) is 16.5. The summed E-state index contributed by atoms with van der Waals surface area (Å²) in [6.07, 6.45) is 0. The number of fused-ring (bicyclic) bond motifs is 1. The van der Waals surface area contributed by atoms with Crippen LogP contribution in [0.1, 0.15) is 47.6 Å². The molecule has 144 valence electrons. The second-order valence-electron chi connectivity index (χ2n) is 8.01. The number of benzene rings is 1. The predicted molar refractivity (Wildman–Crippen MR) is 107 cm³/mol. The Hall–Kier alpha value is -1.96. The van der Waals surface area contributed by atoms with Crippen LogP contribution in [0, 0.1) is 6.92 Å². The molecule has 3 heterocycles. The highest BCUT2D eigenvalue weighted by atomic mass is 32.1. The number of nitrogens with one attached hydrogen (secondary N) is 2. The first-order chi connectivity index (χ1) is 12.9. The van der Waals surface area contributed by atoms with Crippen molar-refractivity contribution in [2.45, 2.75) is 32.7 Å². The minimum Gasteiger partial charge on any atom is -0.492 e. The summed E-state index contributed by atoms with van der Waals surface area (Å²) < 4.78 is 1.59. The van der Waals surface area contributed by atoms with Crippen molar-refractivity contribution in [1.29, 1.82) is 0 Å². The lowest BCUT2D eigenvalue weighted by Gasteiger charge is -2.33. The minimum absolute atomic E-state index is 0.119. The van der Waals surface area contributed by atoms with Gasteiger partial charge in [-0.2, -0.15) is 4.52 Å². The van der Waals surface area contributed by atoms with Crippen molar-refractivity contribution >= 4 is 16.3 Å². The number of likely N-dealkylation sites (N-methyl/N-ethyl adjacent to an activating group) is 1. The van der Waals surface area contributed by atoms with Crippen molar-refractivity contribution in [3.05, 3.63) is 46.1 Å². The molecule has 1 aliphatic heterocycles. The zero-order valence-corrected chi connectivity index (χ0v) is 17.3. The maximum Gasteiger partial charge on any atom is 0.235 e. The SMILES string of the molecule is Cc1nc2sc([C@H](c3ccc(C(C)C)cc3)[NH+]3CC[NH+](C)CC3)c(O)n2n1. The molecule has 0 unspecified atom stereocenters. The van der Waals surface area contributed by atoms with E-state index in [-0.39, 0.29) is 11.9 Å². The number of hydrogen-bond donors (Lipinski definition) is 3. The topological polar surface area (TPSA) is 59.3 Å². The van der Waals surface area contributed by atoms with Crippen LogP contribution in [0.3, 0.4) is 0 Å². The molecule has 0 amide bonds. The number of quaternary nitrogens is 2. The summed E-state index contributed by atoms with van der Waals surface area (Å²) in [4.78, 5) is 9.29. The Kier molecular flexibility index (Phi) is 4.92. The van der Waals surface area contributed by atoms with Gasteiger partial charge in [0.1, 0.15) is 36.9 Å². The molecule has 27 heavy (non-hydrogen) atoms.